The molecule has 0 spiro atoms. The third-order valence-corrected chi connectivity index (χ3v) is 7.52. The second-order valence-corrected chi connectivity index (χ2v) is 10.8. The van der Waals surface area contributed by atoms with Gasteiger partial charge in [-0.3, -0.25) is 9.59 Å². The molecular formula is C30H31Cl3N2O3. The van der Waals surface area contributed by atoms with E-state index in [4.69, 9.17) is 39.5 Å². The Bertz CT molecular complexity index is 1220. The minimum Gasteiger partial charge on any atom is -0.482 e. The first-order chi connectivity index (χ1) is 18.4. The number of rotatable bonds is 10. The summed E-state index contributed by atoms with van der Waals surface area (Å²) in [7, 11) is 0. The molecule has 1 saturated carbocycles. The lowest BCUT2D eigenvalue weighted by atomic mass is 9.94. The lowest BCUT2D eigenvalue weighted by Crippen LogP contribution is -2.53. The van der Waals surface area contributed by atoms with E-state index < -0.39 is 6.04 Å². The summed E-state index contributed by atoms with van der Waals surface area (Å²) < 4.78 is 5.79. The molecule has 1 aliphatic rings. The lowest BCUT2D eigenvalue weighted by molar-refractivity contribution is -0.143. The average molecular weight is 574 g/mol. The number of ether oxygens (including phenoxy) is 1. The molecule has 1 atom stereocenters. The van der Waals surface area contributed by atoms with Gasteiger partial charge in [-0.2, -0.15) is 0 Å². The Balaban J connectivity index is 1.61. The maximum absolute atomic E-state index is 13.8. The van der Waals surface area contributed by atoms with Crippen LogP contribution in [0.5, 0.6) is 5.75 Å². The number of carbonyl (C=O) groups excluding carboxylic acids is 2. The lowest BCUT2D eigenvalue weighted by Gasteiger charge is -2.33. The van der Waals surface area contributed by atoms with Crippen molar-refractivity contribution in [1.29, 1.82) is 0 Å². The fourth-order valence-electron chi connectivity index (χ4n) is 4.70. The van der Waals surface area contributed by atoms with Gasteiger partial charge in [-0.05, 0) is 54.3 Å². The van der Waals surface area contributed by atoms with Crippen LogP contribution < -0.4 is 10.1 Å². The minimum absolute atomic E-state index is 0.117. The molecule has 0 aliphatic heterocycles. The first kappa shape index (κ1) is 28.3. The van der Waals surface area contributed by atoms with E-state index in [1.165, 1.54) is 6.42 Å². The summed E-state index contributed by atoms with van der Waals surface area (Å²) in [6.45, 7) is -0.0553. The first-order valence-corrected chi connectivity index (χ1v) is 14.0. The summed E-state index contributed by atoms with van der Waals surface area (Å²) in [5, 5.41) is 4.61. The molecule has 8 heteroatoms. The minimum atomic E-state index is -0.730. The molecule has 0 bridgehead atoms. The van der Waals surface area contributed by atoms with Crippen molar-refractivity contribution in [1.82, 2.24) is 10.2 Å². The van der Waals surface area contributed by atoms with Gasteiger partial charge >= 0.3 is 0 Å². The van der Waals surface area contributed by atoms with E-state index in [0.717, 1.165) is 36.8 Å². The second-order valence-electron chi connectivity index (χ2n) is 9.56. The number of carbonyl (C=O) groups is 2. The van der Waals surface area contributed by atoms with E-state index in [0.29, 0.717) is 27.2 Å². The number of hydrogen-bond acceptors (Lipinski definition) is 3. The third-order valence-electron chi connectivity index (χ3n) is 6.73. The van der Waals surface area contributed by atoms with Crippen LogP contribution >= 0.6 is 34.8 Å². The highest BCUT2D eigenvalue weighted by molar-refractivity contribution is 6.35. The van der Waals surface area contributed by atoms with E-state index in [9.17, 15) is 9.59 Å². The predicted octanol–water partition coefficient (Wildman–Crippen LogP) is 7.11. The highest BCUT2D eigenvalue weighted by Crippen LogP contribution is 2.28. The van der Waals surface area contributed by atoms with Crippen LogP contribution in [-0.4, -0.2) is 35.4 Å². The summed E-state index contributed by atoms with van der Waals surface area (Å²) in [6.07, 6.45) is 5.65. The predicted molar refractivity (Wildman–Crippen MR) is 153 cm³/mol. The Morgan fingerprint density at radius 1 is 0.868 bits per heavy atom. The molecular weight excluding hydrogens is 543 g/mol. The number of amides is 2. The van der Waals surface area contributed by atoms with Crippen LogP contribution in [0, 0.1) is 0 Å². The van der Waals surface area contributed by atoms with Crippen molar-refractivity contribution in [3.63, 3.8) is 0 Å². The quantitative estimate of drug-likeness (QED) is 0.281. The van der Waals surface area contributed by atoms with Gasteiger partial charge in [0.25, 0.3) is 5.91 Å². The molecule has 0 saturated heterocycles. The van der Waals surface area contributed by atoms with Crippen LogP contribution in [0.15, 0.2) is 72.8 Å². The van der Waals surface area contributed by atoms with Crippen LogP contribution in [0.1, 0.15) is 43.2 Å². The molecule has 1 aliphatic carbocycles. The summed E-state index contributed by atoms with van der Waals surface area (Å²) >= 11 is 18.3. The Hall–Kier alpha value is -2.73. The number of halogens is 3. The molecule has 0 unspecified atom stereocenters. The molecule has 3 aromatic rings. The second kappa shape index (κ2) is 13.9. The summed E-state index contributed by atoms with van der Waals surface area (Å²) in [5.74, 6) is -0.139. The number of nitrogens with zero attached hydrogens (tertiary/aromatic N) is 1. The molecule has 0 radical (unpaired) electrons. The molecule has 0 heterocycles. The van der Waals surface area contributed by atoms with Crippen molar-refractivity contribution in [3.8, 4) is 5.75 Å². The monoisotopic (exact) mass is 572 g/mol. The fraction of sp³-hybridized carbons (Fsp3) is 0.333. The van der Waals surface area contributed by atoms with E-state index in [-0.39, 0.29) is 31.0 Å². The largest absolute Gasteiger partial charge is 0.482 e. The van der Waals surface area contributed by atoms with Crippen molar-refractivity contribution in [3.05, 3.63) is 99.0 Å². The van der Waals surface area contributed by atoms with Gasteiger partial charge in [0.15, 0.2) is 6.61 Å². The zero-order valence-corrected chi connectivity index (χ0v) is 23.3. The zero-order chi connectivity index (χ0) is 26.9. The molecule has 3 aromatic carbocycles. The average Bonchev–Trinajstić information content (AvgIpc) is 2.92. The summed E-state index contributed by atoms with van der Waals surface area (Å²) in [5.41, 5.74) is 1.82. The first-order valence-electron chi connectivity index (χ1n) is 12.8. The zero-order valence-electron chi connectivity index (χ0n) is 21.0. The van der Waals surface area contributed by atoms with Gasteiger partial charge in [0.2, 0.25) is 5.91 Å². The van der Waals surface area contributed by atoms with Crippen molar-refractivity contribution in [2.24, 2.45) is 0 Å². The normalized spacial score (nSPS) is 14.5. The molecule has 0 aromatic heterocycles. The van der Waals surface area contributed by atoms with Crippen molar-refractivity contribution in [2.45, 2.75) is 57.2 Å². The maximum atomic E-state index is 13.8. The maximum Gasteiger partial charge on any atom is 0.261 e. The summed E-state index contributed by atoms with van der Waals surface area (Å²) in [6, 6.07) is 21.2. The third kappa shape index (κ3) is 8.13. The highest BCUT2D eigenvalue weighted by Gasteiger charge is 2.32. The van der Waals surface area contributed by atoms with Gasteiger partial charge in [0.05, 0.1) is 5.02 Å². The SMILES string of the molecule is O=C(NC1CCCCC1)[C@H](Cc1ccccc1)N(Cc1ccc(Cl)cc1)C(=O)COc1ccc(Cl)cc1Cl. The van der Waals surface area contributed by atoms with Gasteiger partial charge in [-0.25, -0.2) is 0 Å². The van der Waals surface area contributed by atoms with Gasteiger partial charge in [-0.15, -0.1) is 0 Å². The molecule has 38 heavy (non-hydrogen) atoms. The molecule has 1 fully saturated rings. The Morgan fingerprint density at radius 2 is 1.55 bits per heavy atom. The summed E-state index contributed by atoms with van der Waals surface area (Å²) in [4.78, 5) is 29.1. The molecule has 1 N–H and O–H groups in total. The molecule has 5 nitrogen and oxygen atoms in total. The number of nitrogens with one attached hydrogen (secondary N) is 1. The molecule has 4 rings (SSSR count). The van der Waals surface area contributed by atoms with Crippen LogP contribution in [-0.2, 0) is 22.6 Å². The Labute approximate surface area is 239 Å². The van der Waals surface area contributed by atoms with Gasteiger partial charge in [0.1, 0.15) is 11.8 Å². The van der Waals surface area contributed by atoms with Crippen LogP contribution in [0.25, 0.3) is 0 Å². The Morgan fingerprint density at radius 3 is 2.24 bits per heavy atom. The molecule has 2 amide bonds. The van der Waals surface area contributed by atoms with Crippen molar-refractivity contribution in [2.75, 3.05) is 6.61 Å². The smallest absolute Gasteiger partial charge is 0.261 e. The van der Waals surface area contributed by atoms with E-state index in [2.05, 4.69) is 5.32 Å². The number of hydrogen-bond donors (Lipinski definition) is 1. The number of benzene rings is 3. The van der Waals surface area contributed by atoms with E-state index >= 15 is 0 Å². The molecule has 200 valence electrons. The van der Waals surface area contributed by atoms with E-state index in [1.54, 1.807) is 35.2 Å². The van der Waals surface area contributed by atoms with Gasteiger partial charge < -0.3 is 15.0 Å². The van der Waals surface area contributed by atoms with Crippen LogP contribution in [0.3, 0.4) is 0 Å². The van der Waals surface area contributed by atoms with Gasteiger partial charge in [0, 0.05) is 29.1 Å². The van der Waals surface area contributed by atoms with Gasteiger partial charge in [-0.1, -0.05) is 96.5 Å². The van der Waals surface area contributed by atoms with Crippen molar-refractivity contribution < 1.29 is 14.3 Å². The van der Waals surface area contributed by atoms with Crippen molar-refractivity contribution >= 4 is 46.6 Å². The topological polar surface area (TPSA) is 58.6 Å². The highest BCUT2D eigenvalue weighted by atomic mass is 35.5. The fourth-order valence-corrected chi connectivity index (χ4v) is 5.29. The Kier molecular flexibility index (Phi) is 10.3. The van der Waals surface area contributed by atoms with E-state index in [1.807, 2.05) is 42.5 Å². The standard InChI is InChI=1S/C30H31Cl3N2O3/c31-23-13-11-22(12-14-23)19-35(29(36)20-38-28-16-15-24(32)18-26(28)33)27(17-21-7-3-1-4-8-21)30(37)34-25-9-5-2-6-10-25/h1,3-4,7-8,11-16,18,25,27H,2,5-6,9-10,17,19-20H2,(H,34,37)/t27-/m0/s1. The van der Waals surface area contributed by atoms with Crippen LogP contribution in [0.4, 0.5) is 0 Å². The van der Waals surface area contributed by atoms with Crippen LogP contribution in [0.2, 0.25) is 15.1 Å².